The van der Waals surface area contributed by atoms with Crippen molar-refractivity contribution in [3.05, 3.63) is 46.4 Å². The molecule has 0 spiro atoms. The van der Waals surface area contributed by atoms with Gasteiger partial charge in [0, 0.05) is 21.8 Å². The maximum atomic E-state index is 12.8. The molecule has 0 bridgehead atoms. The zero-order chi connectivity index (χ0) is 21.7. The summed E-state index contributed by atoms with van der Waals surface area (Å²) in [6, 6.07) is 9.59. The van der Waals surface area contributed by atoms with E-state index in [-0.39, 0.29) is 18.4 Å². The lowest BCUT2D eigenvalue weighted by Crippen LogP contribution is -2.43. The summed E-state index contributed by atoms with van der Waals surface area (Å²) >= 11 is 12.0. The predicted octanol–water partition coefficient (Wildman–Crippen LogP) is 4.05. The van der Waals surface area contributed by atoms with E-state index >= 15 is 0 Å². The van der Waals surface area contributed by atoms with Crippen molar-refractivity contribution in [2.75, 3.05) is 37.9 Å². The minimum Gasteiger partial charge on any atom is -0.497 e. The number of hydrogen-bond donors (Lipinski definition) is 2. The normalized spacial score (nSPS) is 16.2. The van der Waals surface area contributed by atoms with Crippen LogP contribution in [0.25, 0.3) is 0 Å². The molecule has 9 heteroatoms. The molecule has 7 nitrogen and oxygen atoms in total. The van der Waals surface area contributed by atoms with Crippen LogP contribution in [-0.2, 0) is 9.59 Å². The fourth-order valence-corrected chi connectivity index (χ4v) is 3.97. The van der Waals surface area contributed by atoms with Gasteiger partial charge in [0.05, 0.1) is 32.5 Å². The van der Waals surface area contributed by atoms with Gasteiger partial charge in [0.2, 0.25) is 11.8 Å². The van der Waals surface area contributed by atoms with E-state index in [0.29, 0.717) is 45.9 Å². The van der Waals surface area contributed by atoms with E-state index in [1.807, 2.05) is 4.90 Å². The van der Waals surface area contributed by atoms with Crippen molar-refractivity contribution in [2.24, 2.45) is 0 Å². The number of anilines is 2. The number of rotatable bonds is 7. The summed E-state index contributed by atoms with van der Waals surface area (Å²) in [7, 11) is 3.08. The van der Waals surface area contributed by atoms with Gasteiger partial charge in [0.1, 0.15) is 11.5 Å². The Morgan fingerprint density at radius 3 is 2.47 bits per heavy atom. The molecular formula is C21H23Cl2N3O4. The number of halogens is 2. The van der Waals surface area contributed by atoms with Gasteiger partial charge in [-0.15, -0.1) is 0 Å². The highest BCUT2D eigenvalue weighted by Crippen LogP contribution is 2.29. The standard InChI is InChI=1S/C21H23Cl2N3O4/c1-29-16-5-6-17(19(11-16)30-2)25-20(27)12-26-7-3-4-18(26)21(28)24-15-9-13(22)8-14(23)10-15/h5-6,8-11,18H,3-4,7,12H2,1-2H3,(H,24,28)(H,25,27). The third kappa shape index (κ3) is 5.56. The number of ether oxygens (including phenoxy) is 2. The van der Waals surface area contributed by atoms with Crippen molar-refractivity contribution < 1.29 is 19.1 Å². The molecule has 2 aromatic rings. The van der Waals surface area contributed by atoms with Crippen LogP contribution >= 0.6 is 23.2 Å². The molecule has 1 atom stereocenters. The van der Waals surface area contributed by atoms with Crippen LogP contribution in [0.3, 0.4) is 0 Å². The van der Waals surface area contributed by atoms with Crippen LogP contribution in [-0.4, -0.2) is 50.1 Å². The van der Waals surface area contributed by atoms with Gasteiger partial charge in [-0.3, -0.25) is 14.5 Å². The average molecular weight is 452 g/mol. The van der Waals surface area contributed by atoms with E-state index in [9.17, 15) is 9.59 Å². The number of benzene rings is 2. The molecule has 0 aromatic heterocycles. The third-order valence-electron chi connectivity index (χ3n) is 4.83. The van der Waals surface area contributed by atoms with Crippen molar-refractivity contribution in [3.8, 4) is 11.5 Å². The van der Waals surface area contributed by atoms with Crippen LogP contribution in [0.15, 0.2) is 36.4 Å². The highest BCUT2D eigenvalue weighted by Gasteiger charge is 2.32. The molecule has 30 heavy (non-hydrogen) atoms. The van der Waals surface area contributed by atoms with Crippen LogP contribution in [0.5, 0.6) is 11.5 Å². The number of nitrogens with one attached hydrogen (secondary N) is 2. The summed E-state index contributed by atoms with van der Waals surface area (Å²) in [4.78, 5) is 27.2. The van der Waals surface area contributed by atoms with Crippen LogP contribution < -0.4 is 20.1 Å². The third-order valence-corrected chi connectivity index (χ3v) is 5.26. The van der Waals surface area contributed by atoms with E-state index in [1.54, 1.807) is 43.5 Å². The topological polar surface area (TPSA) is 79.9 Å². The lowest BCUT2D eigenvalue weighted by molar-refractivity contribution is -0.122. The van der Waals surface area contributed by atoms with Crippen LogP contribution in [0.1, 0.15) is 12.8 Å². The molecule has 1 saturated heterocycles. The average Bonchev–Trinajstić information content (AvgIpc) is 3.15. The lowest BCUT2D eigenvalue weighted by atomic mass is 10.2. The summed E-state index contributed by atoms with van der Waals surface area (Å²) in [5.41, 5.74) is 1.06. The number of nitrogens with zero attached hydrogens (tertiary/aromatic N) is 1. The first-order valence-electron chi connectivity index (χ1n) is 9.42. The van der Waals surface area contributed by atoms with E-state index in [1.165, 1.54) is 7.11 Å². The summed E-state index contributed by atoms with van der Waals surface area (Å²) in [6.45, 7) is 0.741. The monoisotopic (exact) mass is 451 g/mol. The molecular weight excluding hydrogens is 429 g/mol. The molecule has 1 unspecified atom stereocenters. The SMILES string of the molecule is COc1ccc(NC(=O)CN2CCCC2C(=O)Nc2cc(Cl)cc(Cl)c2)c(OC)c1. The zero-order valence-electron chi connectivity index (χ0n) is 16.7. The molecule has 2 aromatic carbocycles. The van der Waals surface area contributed by atoms with Crippen LogP contribution in [0.2, 0.25) is 10.0 Å². The van der Waals surface area contributed by atoms with Crippen molar-refractivity contribution in [1.82, 2.24) is 4.90 Å². The van der Waals surface area contributed by atoms with Gasteiger partial charge >= 0.3 is 0 Å². The van der Waals surface area contributed by atoms with Gasteiger partial charge in [-0.1, -0.05) is 23.2 Å². The number of likely N-dealkylation sites (tertiary alicyclic amines) is 1. The molecule has 1 fully saturated rings. The Labute approximate surface area is 185 Å². The van der Waals surface area contributed by atoms with Gasteiger partial charge in [-0.05, 0) is 49.7 Å². The van der Waals surface area contributed by atoms with Crippen LogP contribution in [0.4, 0.5) is 11.4 Å². The fraction of sp³-hybridized carbons (Fsp3) is 0.333. The Morgan fingerprint density at radius 2 is 1.80 bits per heavy atom. The van der Waals surface area contributed by atoms with Gasteiger partial charge in [-0.25, -0.2) is 0 Å². The Hall–Kier alpha value is -2.48. The number of carbonyl (C=O) groups is 2. The predicted molar refractivity (Wildman–Crippen MR) is 118 cm³/mol. The molecule has 1 aliphatic rings. The van der Waals surface area contributed by atoms with E-state index in [4.69, 9.17) is 32.7 Å². The largest absolute Gasteiger partial charge is 0.497 e. The Bertz CT molecular complexity index is 918. The molecule has 1 heterocycles. The highest BCUT2D eigenvalue weighted by molar-refractivity contribution is 6.35. The molecule has 0 saturated carbocycles. The second-order valence-electron chi connectivity index (χ2n) is 6.89. The van der Waals surface area contributed by atoms with Crippen molar-refractivity contribution in [2.45, 2.75) is 18.9 Å². The van der Waals surface area contributed by atoms with Gasteiger partial charge < -0.3 is 20.1 Å². The van der Waals surface area contributed by atoms with E-state index < -0.39 is 6.04 Å². The number of amides is 2. The first-order chi connectivity index (χ1) is 14.4. The second kappa shape index (κ2) is 10.0. The summed E-state index contributed by atoms with van der Waals surface area (Å²) < 4.78 is 10.5. The van der Waals surface area contributed by atoms with Gasteiger partial charge in [0.15, 0.2) is 0 Å². The van der Waals surface area contributed by atoms with E-state index in [0.717, 1.165) is 6.42 Å². The molecule has 2 amide bonds. The molecule has 3 rings (SSSR count). The van der Waals surface area contributed by atoms with Crippen molar-refractivity contribution in [3.63, 3.8) is 0 Å². The first-order valence-corrected chi connectivity index (χ1v) is 10.2. The lowest BCUT2D eigenvalue weighted by Gasteiger charge is -2.23. The van der Waals surface area contributed by atoms with Crippen LogP contribution in [0, 0.1) is 0 Å². The molecule has 0 radical (unpaired) electrons. The Kier molecular flexibility index (Phi) is 7.42. The smallest absolute Gasteiger partial charge is 0.241 e. The summed E-state index contributed by atoms with van der Waals surface area (Å²) in [5.74, 6) is 0.697. The fourth-order valence-electron chi connectivity index (χ4n) is 3.44. The van der Waals surface area contributed by atoms with Crippen molar-refractivity contribution >= 4 is 46.4 Å². The number of methoxy groups -OCH3 is 2. The second-order valence-corrected chi connectivity index (χ2v) is 7.76. The van der Waals surface area contributed by atoms with Gasteiger partial charge in [-0.2, -0.15) is 0 Å². The molecule has 2 N–H and O–H groups in total. The molecule has 1 aliphatic heterocycles. The quantitative estimate of drug-likeness (QED) is 0.663. The number of carbonyl (C=O) groups excluding carboxylic acids is 2. The molecule has 160 valence electrons. The maximum Gasteiger partial charge on any atom is 0.241 e. The minimum absolute atomic E-state index is 0.0869. The zero-order valence-corrected chi connectivity index (χ0v) is 18.2. The first kappa shape index (κ1) is 22.2. The summed E-state index contributed by atoms with van der Waals surface area (Å²) in [6.07, 6.45) is 1.49. The Morgan fingerprint density at radius 1 is 1.07 bits per heavy atom. The number of hydrogen-bond acceptors (Lipinski definition) is 5. The molecule has 0 aliphatic carbocycles. The Balaban J connectivity index is 1.63. The minimum atomic E-state index is -0.411. The highest BCUT2D eigenvalue weighted by atomic mass is 35.5. The maximum absolute atomic E-state index is 12.8. The van der Waals surface area contributed by atoms with E-state index in [2.05, 4.69) is 10.6 Å². The van der Waals surface area contributed by atoms with Crippen molar-refractivity contribution in [1.29, 1.82) is 0 Å². The summed E-state index contributed by atoms with van der Waals surface area (Å²) in [5, 5.41) is 6.55. The van der Waals surface area contributed by atoms with Gasteiger partial charge in [0.25, 0.3) is 0 Å².